The highest BCUT2D eigenvalue weighted by Crippen LogP contribution is 2.23. The zero-order chi connectivity index (χ0) is 37.4. The van der Waals surface area contributed by atoms with Crippen molar-refractivity contribution in [1.82, 2.24) is 45.9 Å². The molecule has 5 amide bonds. The van der Waals surface area contributed by atoms with Gasteiger partial charge in [0.25, 0.3) is 0 Å². The number of fused-ring (bicyclic) bond motifs is 2. The van der Waals surface area contributed by atoms with E-state index in [0.717, 1.165) is 27.7 Å². The van der Waals surface area contributed by atoms with Crippen LogP contribution in [-0.2, 0) is 43.4 Å². The maximum absolute atomic E-state index is 13.9. The Morgan fingerprint density at radius 3 is 2.38 bits per heavy atom. The minimum Gasteiger partial charge on any atom is -0.358 e. The van der Waals surface area contributed by atoms with Gasteiger partial charge in [-0.15, -0.1) is 0 Å². The Bertz CT molecular complexity index is 1900. The molecule has 0 saturated heterocycles. The second-order valence-electron chi connectivity index (χ2n) is 13.7. The first-order valence-electron chi connectivity index (χ1n) is 17.9. The Hall–Kier alpha value is -5.53. The Balaban J connectivity index is 1.39. The smallest absolute Gasteiger partial charge is 0.243 e. The Morgan fingerprint density at radius 2 is 1.63 bits per heavy atom. The fourth-order valence-electron chi connectivity index (χ4n) is 6.48. The number of aromatic amines is 1. The van der Waals surface area contributed by atoms with Crippen molar-refractivity contribution >= 4 is 40.4 Å². The number of nitrogens with one attached hydrogen (secondary N) is 5. The van der Waals surface area contributed by atoms with Gasteiger partial charge >= 0.3 is 0 Å². The number of hydrogen-bond donors (Lipinski definition) is 5. The van der Waals surface area contributed by atoms with E-state index in [2.05, 4.69) is 36.3 Å². The molecular weight excluding hydrogens is 662 g/mol. The lowest BCUT2D eigenvalue weighted by molar-refractivity contribution is -0.132. The SMILES string of the molecule is Cc1nc2n(n1)CC(=O)NCCN(C(=O)Cc1c(C)[nH]c3ccccc13)CCCC(=O)N[C@@H](C)C(=O)N[C@H](Cc1ccccc1)C(=O)N[C@H]2C(C)C. The van der Waals surface area contributed by atoms with E-state index in [-0.39, 0.29) is 69.1 Å². The molecule has 0 spiro atoms. The number of rotatable bonds is 5. The van der Waals surface area contributed by atoms with Crippen LogP contribution in [0.15, 0.2) is 54.6 Å². The number of aromatic nitrogens is 4. The molecule has 0 saturated carbocycles. The predicted molar refractivity (Wildman–Crippen MR) is 196 cm³/mol. The lowest BCUT2D eigenvalue weighted by atomic mass is 10.0. The monoisotopic (exact) mass is 711 g/mol. The number of benzene rings is 2. The van der Waals surface area contributed by atoms with Gasteiger partial charge in [-0.05, 0) is 50.3 Å². The van der Waals surface area contributed by atoms with Crippen LogP contribution in [0.25, 0.3) is 10.9 Å². The number of aryl methyl sites for hydroxylation is 2. The molecule has 2 aromatic heterocycles. The van der Waals surface area contributed by atoms with Gasteiger partial charge < -0.3 is 31.2 Å². The van der Waals surface area contributed by atoms with Gasteiger partial charge in [-0.3, -0.25) is 24.0 Å². The fourth-order valence-corrected chi connectivity index (χ4v) is 6.48. The normalized spacial score (nSPS) is 20.1. The van der Waals surface area contributed by atoms with Gasteiger partial charge in [-0.25, -0.2) is 9.67 Å². The van der Waals surface area contributed by atoms with E-state index in [9.17, 15) is 24.0 Å². The van der Waals surface area contributed by atoms with Gasteiger partial charge in [0, 0.05) is 49.1 Å². The third-order valence-electron chi connectivity index (χ3n) is 9.27. The highest BCUT2D eigenvalue weighted by atomic mass is 16.2. The maximum atomic E-state index is 13.9. The standard InChI is InChI=1S/C38H49N9O5/c1-23(2)35-36-42-26(5)45-47(36)22-33(49)39-17-19-46(34(50)21-29-24(3)40-30-15-10-9-14-28(29)30)18-11-16-32(48)41-25(4)37(51)43-31(38(52)44-35)20-27-12-7-6-8-13-27/h6-10,12-15,23,25,31,35,40H,11,16-22H2,1-5H3,(H,39,49)(H,41,48)(H,43,51)(H,44,52)/t25-,31+,35-/m0/s1. The molecule has 14 nitrogen and oxygen atoms in total. The molecule has 276 valence electrons. The first-order valence-corrected chi connectivity index (χ1v) is 17.9. The van der Waals surface area contributed by atoms with Gasteiger partial charge in [0.2, 0.25) is 29.5 Å². The summed E-state index contributed by atoms with van der Waals surface area (Å²) in [6.07, 6.45) is 0.767. The summed E-state index contributed by atoms with van der Waals surface area (Å²) in [6.45, 7) is 9.58. The molecule has 0 aliphatic carbocycles. The Labute approximate surface area is 303 Å². The van der Waals surface area contributed by atoms with E-state index in [1.54, 1.807) is 18.7 Å². The molecule has 3 heterocycles. The minimum absolute atomic E-state index is 0.0678. The number of carbonyl (C=O) groups is 5. The fraction of sp³-hybridized carbons (Fsp3) is 0.447. The molecule has 5 N–H and O–H groups in total. The minimum atomic E-state index is -0.970. The molecule has 0 unspecified atom stereocenters. The molecule has 5 rings (SSSR count). The van der Waals surface area contributed by atoms with Crippen molar-refractivity contribution in [2.45, 2.75) is 85.0 Å². The molecule has 1 aliphatic heterocycles. The molecule has 3 atom stereocenters. The molecule has 14 heteroatoms. The second-order valence-corrected chi connectivity index (χ2v) is 13.7. The van der Waals surface area contributed by atoms with Crippen molar-refractivity contribution in [2.75, 3.05) is 19.6 Å². The first kappa shape index (κ1) is 37.7. The zero-order valence-corrected chi connectivity index (χ0v) is 30.5. The summed E-state index contributed by atoms with van der Waals surface area (Å²) in [5, 5.41) is 17.0. The van der Waals surface area contributed by atoms with Gasteiger partial charge in [-0.1, -0.05) is 62.4 Å². The van der Waals surface area contributed by atoms with Crippen molar-refractivity contribution in [2.24, 2.45) is 5.92 Å². The number of H-pyrrole nitrogens is 1. The Kier molecular flexibility index (Phi) is 12.4. The zero-order valence-electron chi connectivity index (χ0n) is 30.5. The molecule has 1 aliphatic rings. The summed E-state index contributed by atoms with van der Waals surface area (Å²) >= 11 is 0. The molecule has 0 radical (unpaired) electrons. The second kappa shape index (κ2) is 17.1. The van der Waals surface area contributed by atoms with Gasteiger partial charge in [-0.2, -0.15) is 5.10 Å². The highest BCUT2D eigenvalue weighted by Gasteiger charge is 2.31. The lowest BCUT2D eigenvalue weighted by Gasteiger charge is -2.27. The number of para-hydroxylation sites is 1. The van der Waals surface area contributed by atoms with E-state index in [0.29, 0.717) is 18.1 Å². The summed E-state index contributed by atoms with van der Waals surface area (Å²) in [6, 6.07) is 14.6. The van der Waals surface area contributed by atoms with Crippen molar-refractivity contribution < 1.29 is 24.0 Å². The van der Waals surface area contributed by atoms with Crippen LogP contribution in [0, 0.1) is 19.8 Å². The van der Waals surface area contributed by atoms with E-state index < -0.39 is 29.9 Å². The molecular formula is C38H49N9O5. The van der Waals surface area contributed by atoms with Crippen LogP contribution in [0.3, 0.4) is 0 Å². The quantitative estimate of drug-likeness (QED) is 0.211. The van der Waals surface area contributed by atoms with Crippen LogP contribution in [0.4, 0.5) is 0 Å². The number of nitrogens with zero attached hydrogens (tertiary/aromatic N) is 4. The average molecular weight is 712 g/mol. The predicted octanol–water partition coefficient (Wildman–Crippen LogP) is 2.40. The van der Waals surface area contributed by atoms with Crippen molar-refractivity contribution in [3.63, 3.8) is 0 Å². The summed E-state index contributed by atoms with van der Waals surface area (Å²) in [5.41, 5.74) is 3.60. The van der Waals surface area contributed by atoms with Gasteiger partial charge in [0.05, 0.1) is 12.5 Å². The number of carbonyl (C=O) groups excluding carboxylic acids is 5. The topological polar surface area (TPSA) is 183 Å². The molecule has 4 aromatic rings. The molecule has 52 heavy (non-hydrogen) atoms. The molecule has 0 fully saturated rings. The van der Waals surface area contributed by atoms with E-state index >= 15 is 0 Å². The van der Waals surface area contributed by atoms with Crippen LogP contribution < -0.4 is 21.3 Å². The van der Waals surface area contributed by atoms with E-state index in [1.165, 1.54) is 4.68 Å². The maximum Gasteiger partial charge on any atom is 0.243 e. The van der Waals surface area contributed by atoms with Crippen LogP contribution in [0.5, 0.6) is 0 Å². The summed E-state index contributed by atoms with van der Waals surface area (Å²) in [5.74, 6) is -1.09. The highest BCUT2D eigenvalue weighted by molar-refractivity contribution is 5.92. The van der Waals surface area contributed by atoms with Gasteiger partial charge in [0.15, 0.2) is 5.82 Å². The largest absolute Gasteiger partial charge is 0.358 e. The van der Waals surface area contributed by atoms with Crippen LogP contribution in [0.2, 0.25) is 0 Å². The van der Waals surface area contributed by atoms with Gasteiger partial charge in [0.1, 0.15) is 24.5 Å². The third-order valence-corrected chi connectivity index (χ3v) is 9.27. The third kappa shape index (κ3) is 9.62. The van der Waals surface area contributed by atoms with Crippen molar-refractivity contribution in [3.8, 4) is 0 Å². The summed E-state index contributed by atoms with van der Waals surface area (Å²) in [4.78, 5) is 76.9. The van der Waals surface area contributed by atoms with Crippen LogP contribution >= 0.6 is 0 Å². The van der Waals surface area contributed by atoms with Crippen molar-refractivity contribution in [1.29, 1.82) is 0 Å². The van der Waals surface area contributed by atoms with Crippen LogP contribution in [0.1, 0.15) is 68.1 Å². The molecule has 2 aromatic carbocycles. The average Bonchev–Trinajstić information content (AvgIpc) is 3.62. The Morgan fingerprint density at radius 1 is 0.904 bits per heavy atom. The van der Waals surface area contributed by atoms with Crippen LogP contribution in [-0.4, -0.2) is 85.9 Å². The lowest BCUT2D eigenvalue weighted by Crippen LogP contribution is -2.54. The summed E-state index contributed by atoms with van der Waals surface area (Å²) < 4.78 is 1.49. The number of hydrogen-bond acceptors (Lipinski definition) is 7. The van der Waals surface area contributed by atoms with E-state index in [1.807, 2.05) is 75.4 Å². The molecule has 0 bridgehead atoms. The summed E-state index contributed by atoms with van der Waals surface area (Å²) in [7, 11) is 0. The number of amides is 5. The van der Waals surface area contributed by atoms with E-state index in [4.69, 9.17) is 0 Å². The first-order chi connectivity index (χ1) is 24.9. The van der Waals surface area contributed by atoms with Crippen molar-refractivity contribution in [3.05, 3.63) is 83.1 Å².